The summed E-state index contributed by atoms with van der Waals surface area (Å²) >= 11 is 6.51. The number of rotatable bonds is 7. The minimum absolute atomic E-state index is 0.00527. The van der Waals surface area contributed by atoms with Gasteiger partial charge in [0.15, 0.2) is 11.5 Å². The van der Waals surface area contributed by atoms with Crippen LogP contribution in [0.2, 0.25) is 5.02 Å². The highest BCUT2D eigenvalue weighted by atomic mass is 35.5. The second-order valence-corrected chi connectivity index (χ2v) is 7.92. The van der Waals surface area contributed by atoms with Crippen LogP contribution in [0.15, 0.2) is 72.3 Å². The zero-order chi connectivity index (χ0) is 23.4. The maximum atomic E-state index is 12.9. The molecule has 7 heteroatoms. The highest BCUT2D eigenvalue weighted by molar-refractivity contribution is 6.33. The van der Waals surface area contributed by atoms with E-state index < -0.39 is 11.8 Å². The molecule has 0 aliphatic carbocycles. The fourth-order valence-electron chi connectivity index (χ4n) is 3.40. The number of para-hydroxylation sites is 1. The van der Waals surface area contributed by atoms with Gasteiger partial charge in [-0.3, -0.25) is 15.0 Å². The molecule has 1 fully saturated rings. The summed E-state index contributed by atoms with van der Waals surface area (Å²) in [4.78, 5) is 25.3. The number of carbonyl (C=O) groups is 2. The van der Waals surface area contributed by atoms with Crippen molar-refractivity contribution in [2.75, 3.05) is 11.6 Å². The Hall–Kier alpha value is -3.77. The number of amides is 2. The second-order valence-electron chi connectivity index (χ2n) is 7.51. The lowest BCUT2D eigenvalue weighted by Crippen LogP contribution is -2.35. The van der Waals surface area contributed by atoms with Crippen LogP contribution in [-0.2, 0) is 16.2 Å². The van der Waals surface area contributed by atoms with Crippen molar-refractivity contribution < 1.29 is 19.1 Å². The van der Waals surface area contributed by atoms with Crippen molar-refractivity contribution in [2.45, 2.75) is 20.5 Å². The van der Waals surface area contributed by atoms with Gasteiger partial charge in [-0.15, -0.1) is 0 Å². The molecule has 4 rings (SSSR count). The minimum atomic E-state index is -0.488. The van der Waals surface area contributed by atoms with Crippen LogP contribution >= 0.6 is 11.6 Å². The number of benzene rings is 3. The van der Waals surface area contributed by atoms with Crippen LogP contribution in [-0.4, -0.2) is 18.4 Å². The van der Waals surface area contributed by atoms with E-state index in [1.54, 1.807) is 36.4 Å². The van der Waals surface area contributed by atoms with Crippen LogP contribution in [0.4, 0.5) is 5.69 Å². The molecule has 3 aromatic carbocycles. The molecule has 0 bridgehead atoms. The molecule has 1 N–H and O–H groups in total. The van der Waals surface area contributed by atoms with Gasteiger partial charge in [0.2, 0.25) is 0 Å². The number of anilines is 1. The van der Waals surface area contributed by atoms with Gasteiger partial charge in [0.1, 0.15) is 12.2 Å². The molecule has 0 atom stereocenters. The number of nitrogens with zero attached hydrogens (tertiary/aromatic N) is 1. The molecule has 0 radical (unpaired) electrons. The predicted molar refractivity (Wildman–Crippen MR) is 128 cm³/mol. The first-order valence-electron chi connectivity index (χ1n) is 10.5. The fraction of sp³-hybridized carbons (Fsp3) is 0.154. The molecule has 0 unspecified atom stereocenters. The topological polar surface area (TPSA) is 67.9 Å². The summed E-state index contributed by atoms with van der Waals surface area (Å²) in [6.45, 7) is 4.61. The van der Waals surface area contributed by atoms with Crippen molar-refractivity contribution in [3.05, 3.63) is 94.0 Å². The molecule has 1 saturated heterocycles. The summed E-state index contributed by atoms with van der Waals surface area (Å²) in [5.74, 6) is -0.0818. The number of halogens is 1. The van der Waals surface area contributed by atoms with Crippen molar-refractivity contribution in [2.24, 2.45) is 0 Å². The average molecular weight is 463 g/mol. The Morgan fingerprint density at radius 2 is 1.73 bits per heavy atom. The molecular formula is C26H23ClN2O4. The number of aryl methyl sites for hydroxylation is 1. The van der Waals surface area contributed by atoms with Crippen molar-refractivity contribution in [1.29, 1.82) is 0 Å². The quantitative estimate of drug-likeness (QED) is 0.392. The summed E-state index contributed by atoms with van der Waals surface area (Å²) in [6.07, 6.45) is 1.50. The number of carbonyl (C=O) groups excluding carboxylic acids is 2. The van der Waals surface area contributed by atoms with E-state index in [1.165, 1.54) is 16.6 Å². The van der Waals surface area contributed by atoms with Crippen LogP contribution < -0.4 is 19.9 Å². The third-order valence-corrected chi connectivity index (χ3v) is 5.33. The lowest BCUT2D eigenvalue weighted by Gasteiger charge is -2.15. The standard InChI is InChI=1S/C26H23ClN2O4/c1-3-32-23-15-19(14-22(27)24(23)33-16-18-11-9-17(2)10-12-18)13-21-25(30)28-29(26(21)31)20-7-5-4-6-8-20/h4-15H,3,16H2,1-2H3,(H,28,30). The van der Waals surface area contributed by atoms with Crippen molar-refractivity contribution in [1.82, 2.24) is 5.43 Å². The van der Waals surface area contributed by atoms with Gasteiger partial charge in [0, 0.05) is 0 Å². The number of hydrogen-bond acceptors (Lipinski definition) is 4. The van der Waals surface area contributed by atoms with Crippen LogP contribution in [0.3, 0.4) is 0 Å². The zero-order valence-electron chi connectivity index (χ0n) is 18.3. The molecule has 168 valence electrons. The molecule has 0 saturated carbocycles. The molecule has 33 heavy (non-hydrogen) atoms. The zero-order valence-corrected chi connectivity index (χ0v) is 19.1. The summed E-state index contributed by atoms with van der Waals surface area (Å²) in [5.41, 5.74) is 5.89. The SMILES string of the molecule is CCOc1cc(C=C2C(=O)NN(c3ccccc3)C2=O)cc(Cl)c1OCc1ccc(C)cc1. The number of hydrazine groups is 1. The maximum absolute atomic E-state index is 12.9. The monoisotopic (exact) mass is 462 g/mol. The number of nitrogens with one attached hydrogen (secondary N) is 1. The van der Waals surface area contributed by atoms with E-state index in [0.717, 1.165) is 5.56 Å². The van der Waals surface area contributed by atoms with E-state index in [-0.39, 0.29) is 5.57 Å². The Balaban J connectivity index is 1.60. The summed E-state index contributed by atoms with van der Waals surface area (Å²) in [6, 6.07) is 20.3. The first kappa shape index (κ1) is 22.4. The first-order valence-corrected chi connectivity index (χ1v) is 10.9. The molecule has 0 spiro atoms. The van der Waals surface area contributed by atoms with E-state index in [0.29, 0.717) is 41.0 Å². The molecular weight excluding hydrogens is 440 g/mol. The summed E-state index contributed by atoms with van der Waals surface area (Å²) in [5, 5.41) is 1.55. The van der Waals surface area contributed by atoms with E-state index in [4.69, 9.17) is 21.1 Å². The Kier molecular flexibility index (Phi) is 6.66. The number of hydrogen-bond donors (Lipinski definition) is 1. The molecule has 0 aromatic heterocycles. The Labute approximate surface area is 197 Å². The van der Waals surface area contributed by atoms with Gasteiger partial charge in [-0.1, -0.05) is 59.6 Å². The molecule has 2 amide bonds. The lowest BCUT2D eigenvalue weighted by atomic mass is 10.1. The van der Waals surface area contributed by atoms with Gasteiger partial charge in [-0.05, 0) is 55.3 Å². The third-order valence-electron chi connectivity index (χ3n) is 5.05. The first-order chi connectivity index (χ1) is 16.0. The van der Waals surface area contributed by atoms with Crippen LogP contribution in [0.5, 0.6) is 11.5 Å². The highest BCUT2D eigenvalue weighted by Crippen LogP contribution is 2.38. The van der Waals surface area contributed by atoms with E-state index in [2.05, 4.69) is 5.43 Å². The normalized spacial score (nSPS) is 14.5. The molecule has 1 heterocycles. The van der Waals surface area contributed by atoms with Gasteiger partial charge >= 0.3 is 0 Å². The van der Waals surface area contributed by atoms with Crippen molar-refractivity contribution >= 4 is 35.2 Å². The fourth-order valence-corrected chi connectivity index (χ4v) is 3.67. The van der Waals surface area contributed by atoms with Gasteiger partial charge in [-0.2, -0.15) is 0 Å². The van der Waals surface area contributed by atoms with Gasteiger partial charge in [0.05, 0.1) is 17.3 Å². The summed E-state index contributed by atoms with van der Waals surface area (Å²) in [7, 11) is 0. The lowest BCUT2D eigenvalue weighted by molar-refractivity contribution is -0.117. The Bertz CT molecular complexity index is 1210. The molecule has 1 aliphatic rings. The van der Waals surface area contributed by atoms with Crippen LogP contribution in [0.1, 0.15) is 23.6 Å². The highest BCUT2D eigenvalue weighted by Gasteiger charge is 2.34. The largest absolute Gasteiger partial charge is 0.490 e. The van der Waals surface area contributed by atoms with Crippen molar-refractivity contribution in [3.8, 4) is 11.5 Å². The third kappa shape index (κ3) is 5.02. The van der Waals surface area contributed by atoms with E-state index >= 15 is 0 Å². The van der Waals surface area contributed by atoms with Gasteiger partial charge < -0.3 is 9.47 Å². The number of ether oxygens (including phenoxy) is 2. The van der Waals surface area contributed by atoms with Crippen LogP contribution in [0.25, 0.3) is 6.08 Å². The smallest absolute Gasteiger partial charge is 0.282 e. The Morgan fingerprint density at radius 1 is 1.00 bits per heavy atom. The molecule has 1 aliphatic heterocycles. The maximum Gasteiger partial charge on any atom is 0.282 e. The predicted octanol–water partition coefficient (Wildman–Crippen LogP) is 5.09. The van der Waals surface area contributed by atoms with Gasteiger partial charge in [-0.25, -0.2) is 5.01 Å². The molecule has 6 nitrogen and oxygen atoms in total. The van der Waals surface area contributed by atoms with E-state index in [1.807, 2.05) is 44.2 Å². The Morgan fingerprint density at radius 3 is 2.42 bits per heavy atom. The minimum Gasteiger partial charge on any atom is -0.490 e. The average Bonchev–Trinajstić information content (AvgIpc) is 3.09. The van der Waals surface area contributed by atoms with Crippen molar-refractivity contribution in [3.63, 3.8) is 0 Å². The molecule has 3 aromatic rings. The summed E-state index contributed by atoms with van der Waals surface area (Å²) < 4.78 is 11.7. The van der Waals surface area contributed by atoms with Crippen LogP contribution in [0, 0.1) is 6.92 Å². The van der Waals surface area contributed by atoms with Gasteiger partial charge in [0.25, 0.3) is 11.8 Å². The van der Waals surface area contributed by atoms with E-state index in [9.17, 15) is 9.59 Å². The second kappa shape index (κ2) is 9.79.